The van der Waals surface area contributed by atoms with Crippen LogP contribution in [0.4, 0.5) is 11.4 Å². The Morgan fingerprint density at radius 1 is 1.06 bits per heavy atom. The normalized spacial score (nSPS) is 13.4. The third-order valence-corrected chi connectivity index (χ3v) is 7.06. The summed E-state index contributed by atoms with van der Waals surface area (Å²) in [5, 5.41) is 2.63. The number of nitrogens with zero attached hydrogens (tertiary/aromatic N) is 3. The number of halogens is 1. The van der Waals surface area contributed by atoms with E-state index in [0.29, 0.717) is 0 Å². The summed E-state index contributed by atoms with van der Waals surface area (Å²) >= 11 is 6.31. The minimum atomic E-state index is -3.89. The number of rotatable bonds is 6. The van der Waals surface area contributed by atoms with Crippen molar-refractivity contribution in [1.29, 1.82) is 0 Å². The summed E-state index contributed by atoms with van der Waals surface area (Å²) in [6.45, 7) is -0.449. The SMILES string of the molecule is CN(CC(=O)Nc1ccc(N2C(=O)c3ccccc3C2=O)c(Cl)c1)S(=O)(=O)c1cccnc1. The van der Waals surface area contributed by atoms with Crippen LogP contribution in [0.3, 0.4) is 0 Å². The Kier molecular flexibility index (Phi) is 5.98. The van der Waals surface area contributed by atoms with Gasteiger partial charge in [-0.3, -0.25) is 19.4 Å². The number of carbonyl (C=O) groups is 3. The molecule has 0 unspecified atom stereocenters. The van der Waals surface area contributed by atoms with E-state index in [2.05, 4.69) is 10.3 Å². The summed E-state index contributed by atoms with van der Waals surface area (Å²) in [7, 11) is -2.61. The lowest BCUT2D eigenvalue weighted by atomic mass is 10.1. The zero-order valence-electron chi connectivity index (χ0n) is 17.2. The van der Waals surface area contributed by atoms with Gasteiger partial charge < -0.3 is 5.32 Å². The van der Waals surface area contributed by atoms with Crippen LogP contribution in [0, 0.1) is 0 Å². The molecular formula is C22H17ClN4O5S. The van der Waals surface area contributed by atoms with Gasteiger partial charge in [0.05, 0.1) is 28.4 Å². The Hall–Kier alpha value is -3.60. The zero-order chi connectivity index (χ0) is 23.8. The van der Waals surface area contributed by atoms with Gasteiger partial charge >= 0.3 is 0 Å². The Morgan fingerprint density at radius 2 is 1.73 bits per heavy atom. The average Bonchev–Trinajstić information content (AvgIpc) is 3.05. The summed E-state index contributed by atoms with van der Waals surface area (Å²) in [4.78, 5) is 42.5. The molecule has 33 heavy (non-hydrogen) atoms. The molecule has 2 aromatic carbocycles. The number of carbonyl (C=O) groups excluding carboxylic acids is 3. The number of hydrogen-bond donors (Lipinski definition) is 1. The first-order valence-corrected chi connectivity index (χ1v) is 11.5. The fourth-order valence-corrected chi connectivity index (χ4v) is 4.70. The molecule has 0 spiro atoms. The van der Waals surface area contributed by atoms with E-state index in [1.54, 1.807) is 24.3 Å². The molecule has 1 aliphatic rings. The molecule has 0 fully saturated rings. The number of nitrogens with one attached hydrogen (secondary N) is 1. The Morgan fingerprint density at radius 3 is 2.30 bits per heavy atom. The maximum absolute atomic E-state index is 12.7. The van der Waals surface area contributed by atoms with Gasteiger partial charge in [-0.05, 0) is 42.5 Å². The van der Waals surface area contributed by atoms with E-state index in [1.165, 1.54) is 49.8 Å². The quantitative estimate of drug-likeness (QED) is 0.538. The van der Waals surface area contributed by atoms with E-state index in [0.717, 1.165) is 9.21 Å². The van der Waals surface area contributed by atoms with E-state index in [1.807, 2.05) is 0 Å². The van der Waals surface area contributed by atoms with Gasteiger partial charge in [0.15, 0.2) is 0 Å². The van der Waals surface area contributed by atoms with Crippen LogP contribution in [-0.2, 0) is 14.8 Å². The zero-order valence-corrected chi connectivity index (χ0v) is 18.8. The van der Waals surface area contributed by atoms with Crippen LogP contribution in [-0.4, -0.2) is 49.0 Å². The van der Waals surface area contributed by atoms with Gasteiger partial charge in [0.2, 0.25) is 15.9 Å². The van der Waals surface area contributed by atoms with E-state index >= 15 is 0 Å². The molecule has 1 N–H and O–H groups in total. The topological polar surface area (TPSA) is 117 Å². The molecule has 0 atom stereocenters. The number of pyridine rings is 1. The van der Waals surface area contributed by atoms with Crippen LogP contribution in [0.2, 0.25) is 5.02 Å². The Balaban J connectivity index is 1.48. The van der Waals surface area contributed by atoms with E-state index in [-0.39, 0.29) is 32.4 Å². The summed E-state index contributed by atoms with van der Waals surface area (Å²) in [5.74, 6) is -1.58. The maximum atomic E-state index is 12.7. The molecule has 0 aliphatic carbocycles. The minimum Gasteiger partial charge on any atom is -0.325 e. The molecule has 9 nitrogen and oxygen atoms in total. The summed E-state index contributed by atoms with van der Waals surface area (Å²) in [5.41, 5.74) is 1.03. The lowest BCUT2D eigenvalue weighted by Crippen LogP contribution is -2.35. The number of likely N-dealkylation sites (N-methyl/N-ethyl adjacent to an activating group) is 1. The number of fused-ring (bicyclic) bond motifs is 1. The highest BCUT2D eigenvalue weighted by Gasteiger charge is 2.37. The van der Waals surface area contributed by atoms with Crippen molar-refractivity contribution in [2.45, 2.75) is 4.90 Å². The van der Waals surface area contributed by atoms with Gasteiger partial charge in [-0.1, -0.05) is 23.7 Å². The first kappa shape index (κ1) is 22.6. The smallest absolute Gasteiger partial charge is 0.266 e. The van der Waals surface area contributed by atoms with Crippen LogP contribution in [0.1, 0.15) is 20.7 Å². The molecule has 1 aliphatic heterocycles. The summed E-state index contributed by atoms with van der Waals surface area (Å²) in [6, 6.07) is 13.6. The average molecular weight is 485 g/mol. The van der Waals surface area contributed by atoms with Crippen LogP contribution in [0.5, 0.6) is 0 Å². The molecule has 4 rings (SSSR count). The fourth-order valence-electron chi connectivity index (χ4n) is 3.34. The van der Waals surface area contributed by atoms with Crippen LogP contribution in [0.15, 0.2) is 71.9 Å². The number of aromatic nitrogens is 1. The van der Waals surface area contributed by atoms with Gasteiger partial charge in [0.1, 0.15) is 4.90 Å². The molecule has 0 saturated carbocycles. The first-order valence-electron chi connectivity index (χ1n) is 9.64. The van der Waals surface area contributed by atoms with Crippen molar-refractivity contribution in [3.8, 4) is 0 Å². The number of sulfonamides is 1. The third-order valence-electron chi connectivity index (χ3n) is 4.98. The Labute approximate surface area is 194 Å². The van der Waals surface area contributed by atoms with Gasteiger partial charge in [-0.2, -0.15) is 4.31 Å². The molecule has 3 aromatic rings. The molecule has 2 heterocycles. The molecule has 1 aromatic heterocycles. The number of amides is 3. The van der Waals surface area contributed by atoms with Crippen molar-refractivity contribution in [1.82, 2.24) is 9.29 Å². The van der Waals surface area contributed by atoms with Crippen LogP contribution < -0.4 is 10.2 Å². The van der Waals surface area contributed by atoms with Crippen molar-refractivity contribution < 1.29 is 22.8 Å². The van der Waals surface area contributed by atoms with Gasteiger partial charge in [0.25, 0.3) is 11.8 Å². The standard InChI is InChI=1S/C22H17ClN4O5S/c1-26(33(31,32)15-5-4-10-24-12-15)13-20(28)25-14-8-9-19(18(23)11-14)27-21(29)16-6-2-3-7-17(16)22(27)30/h2-12H,13H2,1H3,(H,25,28). The Bertz CT molecular complexity index is 1340. The second-order valence-corrected chi connectivity index (χ2v) is 9.61. The molecule has 11 heteroatoms. The predicted octanol–water partition coefficient (Wildman–Crippen LogP) is 2.79. The van der Waals surface area contributed by atoms with Crippen molar-refractivity contribution in [2.75, 3.05) is 23.8 Å². The maximum Gasteiger partial charge on any atom is 0.266 e. The first-order chi connectivity index (χ1) is 15.7. The van der Waals surface area contributed by atoms with Crippen molar-refractivity contribution in [2.24, 2.45) is 0 Å². The lowest BCUT2D eigenvalue weighted by Gasteiger charge is -2.18. The second kappa shape index (κ2) is 8.74. The van der Waals surface area contributed by atoms with Gasteiger partial charge in [-0.25, -0.2) is 13.3 Å². The summed E-state index contributed by atoms with van der Waals surface area (Å²) in [6.07, 6.45) is 2.64. The molecule has 0 radical (unpaired) electrons. The summed E-state index contributed by atoms with van der Waals surface area (Å²) < 4.78 is 26.0. The molecule has 0 saturated heterocycles. The largest absolute Gasteiger partial charge is 0.325 e. The van der Waals surface area contributed by atoms with Crippen LogP contribution in [0.25, 0.3) is 0 Å². The number of anilines is 2. The van der Waals surface area contributed by atoms with Gasteiger partial charge in [-0.15, -0.1) is 0 Å². The van der Waals surface area contributed by atoms with Crippen molar-refractivity contribution >= 4 is 50.7 Å². The highest BCUT2D eigenvalue weighted by atomic mass is 35.5. The predicted molar refractivity (Wildman–Crippen MR) is 122 cm³/mol. The van der Waals surface area contributed by atoms with Gasteiger partial charge in [0, 0.05) is 25.1 Å². The number of benzene rings is 2. The lowest BCUT2D eigenvalue weighted by molar-refractivity contribution is -0.116. The minimum absolute atomic E-state index is 0.0337. The van der Waals surface area contributed by atoms with Crippen molar-refractivity contribution in [3.63, 3.8) is 0 Å². The fraction of sp³-hybridized carbons (Fsp3) is 0.0909. The van der Waals surface area contributed by atoms with E-state index in [9.17, 15) is 22.8 Å². The number of hydrogen-bond acceptors (Lipinski definition) is 6. The molecule has 0 bridgehead atoms. The molecule has 168 valence electrons. The second-order valence-electron chi connectivity index (χ2n) is 7.16. The highest BCUT2D eigenvalue weighted by molar-refractivity contribution is 7.89. The van der Waals surface area contributed by atoms with E-state index < -0.39 is 34.3 Å². The third kappa shape index (κ3) is 4.23. The monoisotopic (exact) mass is 484 g/mol. The van der Waals surface area contributed by atoms with Crippen LogP contribution >= 0.6 is 11.6 Å². The van der Waals surface area contributed by atoms with E-state index in [4.69, 9.17) is 11.6 Å². The number of imide groups is 1. The van der Waals surface area contributed by atoms with Crippen molar-refractivity contribution in [3.05, 3.63) is 83.1 Å². The highest BCUT2D eigenvalue weighted by Crippen LogP contribution is 2.34. The molecule has 3 amide bonds. The molecular weight excluding hydrogens is 468 g/mol.